The van der Waals surface area contributed by atoms with Gasteiger partial charge in [-0.05, 0) is 13.0 Å². The smallest absolute Gasteiger partial charge is 0.492 e. The molecule has 25 heavy (non-hydrogen) atoms. The van der Waals surface area contributed by atoms with Gasteiger partial charge in [-0.15, -0.1) is 13.2 Å². The number of nitrogens with two attached hydrogens (primary N) is 1. The van der Waals surface area contributed by atoms with E-state index in [2.05, 4.69) is 9.72 Å². The first-order valence-electron chi connectivity index (χ1n) is 7.53. The SMILES string of the molecule is Cc1c(OC(F)(F)F)cc(Oc2ccc(N)cn2)c2c1OCC2(C)C. The molecule has 0 spiro atoms. The van der Waals surface area contributed by atoms with Crippen LogP contribution in [0.25, 0.3) is 0 Å². The number of ether oxygens (including phenoxy) is 3. The first kappa shape index (κ1) is 17.2. The van der Waals surface area contributed by atoms with Gasteiger partial charge >= 0.3 is 6.36 Å². The summed E-state index contributed by atoms with van der Waals surface area (Å²) in [5.41, 5.74) is 6.56. The van der Waals surface area contributed by atoms with Crippen LogP contribution in [-0.2, 0) is 5.41 Å². The van der Waals surface area contributed by atoms with Crippen LogP contribution in [0, 0.1) is 6.92 Å². The Bertz CT molecular complexity index is 802. The van der Waals surface area contributed by atoms with Gasteiger partial charge in [-0.3, -0.25) is 0 Å². The number of benzene rings is 1. The second-order valence-electron chi connectivity index (χ2n) is 6.45. The third kappa shape index (κ3) is 3.42. The second kappa shape index (κ2) is 5.72. The minimum Gasteiger partial charge on any atom is -0.492 e. The van der Waals surface area contributed by atoms with Gasteiger partial charge in [0.2, 0.25) is 5.88 Å². The zero-order valence-corrected chi connectivity index (χ0v) is 13.9. The van der Waals surface area contributed by atoms with Crippen molar-refractivity contribution in [3.8, 4) is 23.1 Å². The monoisotopic (exact) mass is 354 g/mol. The molecule has 2 N–H and O–H groups in total. The quantitative estimate of drug-likeness (QED) is 0.888. The van der Waals surface area contributed by atoms with E-state index >= 15 is 0 Å². The highest BCUT2D eigenvalue weighted by Gasteiger charge is 2.40. The maximum absolute atomic E-state index is 12.7. The summed E-state index contributed by atoms with van der Waals surface area (Å²) in [5.74, 6) is 0.395. The number of anilines is 1. The number of hydrogen-bond acceptors (Lipinski definition) is 5. The first-order valence-corrected chi connectivity index (χ1v) is 7.53. The predicted octanol–water partition coefficient (Wildman–Crippen LogP) is 4.33. The van der Waals surface area contributed by atoms with Gasteiger partial charge in [0.25, 0.3) is 0 Å². The summed E-state index contributed by atoms with van der Waals surface area (Å²) in [6, 6.07) is 4.34. The van der Waals surface area contributed by atoms with Crippen molar-refractivity contribution < 1.29 is 27.4 Å². The highest BCUT2D eigenvalue weighted by atomic mass is 19.4. The molecule has 8 heteroatoms. The molecule has 2 heterocycles. The highest BCUT2D eigenvalue weighted by molar-refractivity contribution is 5.62. The molecular weight excluding hydrogens is 337 g/mol. The number of aromatic nitrogens is 1. The van der Waals surface area contributed by atoms with Crippen LogP contribution in [-0.4, -0.2) is 18.0 Å². The van der Waals surface area contributed by atoms with Crippen molar-refractivity contribution in [1.29, 1.82) is 0 Å². The van der Waals surface area contributed by atoms with E-state index in [1.54, 1.807) is 6.07 Å². The molecule has 1 aromatic heterocycles. The van der Waals surface area contributed by atoms with E-state index in [1.807, 2.05) is 13.8 Å². The third-order valence-electron chi connectivity index (χ3n) is 3.90. The number of nitrogens with zero attached hydrogens (tertiary/aromatic N) is 1. The molecule has 3 rings (SSSR count). The Balaban J connectivity index is 2.10. The summed E-state index contributed by atoms with van der Waals surface area (Å²) in [5, 5.41) is 0. The summed E-state index contributed by atoms with van der Waals surface area (Å²) in [6.45, 7) is 5.69. The van der Waals surface area contributed by atoms with Gasteiger partial charge in [0.1, 0.15) is 17.2 Å². The average Bonchev–Trinajstić information content (AvgIpc) is 2.81. The van der Waals surface area contributed by atoms with Crippen LogP contribution in [0.5, 0.6) is 23.1 Å². The van der Waals surface area contributed by atoms with Crippen LogP contribution in [0.15, 0.2) is 24.4 Å². The zero-order chi connectivity index (χ0) is 18.4. The standard InChI is InChI=1S/C17H17F3N2O3/c1-9-11(25-17(18,19)20)6-12(14-15(9)23-8-16(14,2)3)24-13-5-4-10(21)7-22-13/h4-7H,8,21H2,1-3H3. The number of hydrogen-bond donors (Lipinski definition) is 1. The fourth-order valence-corrected chi connectivity index (χ4v) is 2.73. The summed E-state index contributed by atoms with van der Waals surface area (Å²) in [6.07, 6.45) is -3.41. The van der Waals surface area contributed by atoms with Crippen molar-refractivity contribution in [1.82, 2.24) is 4.98 Å². The minimum absolute atomic E-state index is 0.208. The third-order valence-corrected chi connectivity index (χ3v) is 3.90. The lowest BCUT2D eigenvalue weighted by Gasteiger charge is -2.21. The summed E-state index contributed by atoms with van der Waals surface area (Å²) in [7, 11) is 0. The van der Waals surface area contributed by atoms with Crippen LogP contribution >= 0.6 is 0 Å². The van der Waals surface area contributed by atoms with Gasteiger partial charge in [0, 0.05) is 28.7 Å². The Morgan fingerprint density at radius 2 is 1.96 bits per heavy atom. The molecule has 0 saturated carbocycles. The number of pyridine rings is 1. The lowest BCUT2D eigenvalue weighted by Crippen LogP contribution is -2.20. The van der Waals surface area contributed by atoms with Crippen LogP contribution in [0.4, 0.5) is 18.9 Å². The van der Waals surface area contributed by atoms with E-state index < -0.39 is 11.8 Å². The maximum atomic E-state index is 12.7. The Hall–Kier alpha value is -2.64. The Morgan fingerprint density at radius 1 is 1.24 bits per heavy atom. The van der Waals surface area contributed by atoms with Gasteiger partial charge in [-0.25, -0.2) is 4.98 Å². The van der Waals surface area contributed by atoms with E-state index in [4.69, 9.17) is 15.2 Å². The average molecular weight is 354 g/mol. The van der Waals surface area contributed by atoms with Gasteiger partial charge < -0.3 is 19.9 Å². The van der Waals surface area contributed by atoms with Crippen molar-refractivity contribution in [2.75, 3.05) is 12.3 Å². The van der Waals surface area contributed by atoms with E-state index in [0.717, 1.165) is 0 Å². The van der Waals surface area contributed by atoms with E-state index in [-0.39, 0.29) is 22.9 Å². The number of fused-ring (bicyclic) bond motifs is 1. The molecule has 5 nitrogen and oxygen atoms in total. The largest absolute Gasteiger partial charge is 0.573 e. The predicted molar refractivity (Wildman–Crippen MR) is 85.1 cm³/mol. The van der Waals surface area contributed by atoms with Crippen LogP contribution in [0.3, 0.4) is 0 Å². The number of halogens is 3. The molecule has 0 saturated heterocycles. The molecule has 1 aromatic carbocycles. The molecule has 0 atom stereocenters. The van der Waals surface area contributed by atoms with Crippen LogP contribution < -0.4 is 19.9 Å². The van der Waals surface area contributed by atoms with Crippen molar-refractivity contribution in [2.45, 2.75) is 32.5 Å². The van der Waals surface area contributed by atoms with E-state index in [0.29, 0.717) is 23.6 Å². The Kier molecular flexibility index (Phi) is 3.93. The Morgan fingerprint density at radius 3 is 2.56 bits per heavy atom. The minimum atomic E-state index is -4.82. The molecule has 0 aliphatic carbocycles. The molecule has 1 aliphatic rings. The van der Waals surface area contributed by atoms with Crippen LogP contribution in [0.2, 0.25) is 0 Å². The van der Waals surface area contributed by atoms with Gasteiger partial charge in [-0.1, -0.05) is 13.8 Å². The molecule has 0 radical (unpaired) electrons. The van der Waals surface area contributed by atoms with E-state index in [1.165, 1.54) is 25.3 Å². The molecule has 0 fully saturated rings. The summed E-state index contributed by atoms with van der Waals surface area (Å²) < 4.78 is 53.6. The second-order valence-corrected chi connectivity index (χ2v) is 6.45. The lowest BCUT2D eigenvalue weighted by atomic mass is 9.85. The Labute approximate surface area is 142 Å². The first-order chi connectivity index (χ1) is 11.6. The molecular formula is C17H17F3N2O3. The molecule has 134 valence electrons. The molecule has 0 bridgehead atoms. The van der Waals surface area contributed by atoms with Gasteiger partial charge in [-0.2, -0.15) is 0 Å². The lowest BCUT2D eigenvalue weighted by molar-refractivity contribution is -0.274. The van der Waals surface area contributed by atoms with Crippen LogP contribution in [0.1, 0.15) is 25.0 Å². The van der Waals surface area contributed by atoms with Crippen molar-refractivity contribution in [2.24, 2.45) is 0 Å². The highest BCUT2D eigenvalue weighted by Crippen LogP contribution is 2.50. The van der Waals surface area contributed by atoms with Crippen molar-refractivity contribution in [3.05, 3.63) is 35.5 Å². The van der Waals surface area contributed by atoms with E-state index in [9.17, 15) is 13.2 Å². The molecule has 0 amide bonds. The number of nitrogen functional groups attached to an aromatic ring is 1. The normalized spacial score (nSPS) is 15.4. The number of rotatable bonds is 3. The zero-order valence-electron chi connectivity index (χ0n) is 13.9. The molecule has 0 unspecified atom stereocenters. The summed E-state index contributed by atoms with van der Waals surface area (Å²) >= 11 is 0. The van der Waals surface area contributed by atoms with Gasteiger partial charge in [0.15, 0.2) is 0 Å². The molecule has 1 aliphatic heterocycles. The fraction of sp³-hybridized carbons (Fsp3) is 0.353. The number of alkyl halides is 3. The topological polar surface area (TPSA) is 66.6 Å². The fourth-order valence-electron chi connectivity index (χ4n) is 2.73. The molecule has 2 aromatic rings. The van der Waals surface area contributed by atoms with Crippen molar-refractivity contribution in [3.63, 3.8) is 0 Å². The maximum Gasteiger partial charge on any atom is 0.573 e. The van der Waals surface area contributed by atoms with Crippen molar-refractivity contribution >= 4 is 5.69 Å². The van der Waals surface area contributed by atoms with Gasteiger partial charge in [0.05, 0.1) is 18.5 Å². The summed E-state index contributed by atoms with van der Waals surface area (Å²) in [4.78, 5) is 4.02.